The second-order valence-electron chi connectivity index (χ2n) is 7.00. The maximum atomic E-state index is 13.9. The molecule has 0 bridgehead atoms. The minimum Gasteiger partial charge on any atom is -0.494 e. The van der Waals surface area contributed by atoms with Crippen LogP contribution in [0.25, 0.3) is 11.3 Å². The molecule has 0 saturated carbocycles. The summed E-state index contributed by atoms with van der Waals surface area (Å²) in [5.74, 6) is -0.231. The van der Waals surface area contributed by atoms with Crippen LogP contribution < -0.4 is 4.74 Å². The lowest BCUT2D eigenvalue weighted by atomic mass is 10.1. The molecule has 0 spiro atoms. The van der Waals surface area contributed by atoms with Gasteiger partial charge in [0.25, 0.3) is 0 Å². The van der Waals surface area contributed by atoms with Crippen molar-refractivity contribution in [3.63, 3.8) is 0 Å². The predicted molar refractivity (Wildman–Crippen MR) is 90.8 cm³/mol. The van der Waals surface area contributed by atoms with Gasteiger partial charge in [0, 0.05) is 12.1 Å². The van der Waals surface area contributed by atoms with Crippen LogP contribution in [0.5, 0.6) is 5.75 Å². The molecule has 0 aliphatic carbocycles. The number of hydrogen-bond donors (Lipinski definition) is 0. The Balaban J connectivity index is 1.79. The SMILES string of the molecule is COc1ccc(-c2cc3n(n2)CCN(C(=O)OC(C)(C)C)C3)cc1F. The molecule has 1 aliphatic heterocycles. The largest absolute Gasteiger partial charge is 0.494 e. The molecule has 0 atom stereocenters. The number of ether oxygens (including phenoxy) is 2. The van der Waals surface area contributed by atoms with Gasteiger partial charge in [-0.1, -0.05) is 0 Å². The summed E-state index contributed by atoms with van der Waals surface area (Å²) in [6.07, 6.45) is -0.336. The molecule has 2 heterocycles. The number of methoxy groups -OCH3 is 1. The Bertz CT molecular complexity index is 795. The maximum Gasteiger partial charge on any atom is 0.410 e. The normalized spacial score (nSPS) is 14.2. The molecule has 134 valence electrons. The number of nitrogens with zero attached hydrogens (tertiary/aromatic N) is 3. The highest BCUT2D eigenvalue weighted by Crippen LogP contribution is 2.27. The summed E-state index contributed by atoms with van der Waals surface area (Å²) in [5.41, 5.74) is 1.70. The number of amides is 1. The van der Waals surface area contributed by atoms with Gasteiger partial charge >= 0.3 is 6.09 Å². The van der Waals surface area contributed by atoms with E-state index in [1.165, 1.54) is 13.2 Å². The zero-order chi connectivity index (χ0) is 18.2. The van der Waals surface area contributed by atoms with Gasteiger partial charge < -0.3 is 14.4 Å². The molecule has 1 aromatic heterocycles. The zero-order valence-electron chi connectivity index (χ0n) is 14.9. The molecular formula is C18H22FN3O3. The van der Waals surface area contributed by atoms with Gasteiger partial charge in [-0.15, -0.1) is 0 Å². The van der Waals surface area contributed by atoms with Crippen molar-refractivity contribution in [1.82, 2.24) is 14.7 Å². The lowest BCUT2D eigenvalue weighted by Crippen LogP contribution is -2.41. The molecule has 1 aromatic carbocycles. The molecule has 6 nitrogen and oxygen atoms in total. The van der Waals surface area contributed by atoms with Gasteiger partial charge in [-0.25, -0.2) is 9.18 Å². The van der Waals surface area contributed by atoms with Crippen molar-refractivity contribution in [2.45, 2.75) is 39.5 Å². The monoisotopic (exact) mass is 347 g/mol. The first-order valence-electron chi connectivity index (χ1n) is 8.15. The molecule has 0 fully saturated rings. The molecule has 0 unspecified atom stereocenters. The average Bonchev–Trinajstić information content (AvgIpc) is 2.96. The fraction of sp³-hybridized carbons (Fsp3) is 0.444. The molecule has 2 aromatic rings. The summed E-state index contributed by atoms with van der Waals surface area (Å²) in [5, 5.41) is 4.52. The van der Waals surface area contributed by atoms with Crippen molar-refractivity contribution in [1.29, 1.82) is 0 Å². The standard InChI is InChI=1S/C18H22FN3O3/c1-18(2,3)25-17(23)21-7-8-22-13(11-21)10-15(20-22)12-5-6-16(24-4)14(19)9-12/h5-6,9-10H,7-8,11H2,1-4H3. The first kappa shape index (κ1) is 17.3. The number of benzene rings is 1. The minimum atomic E-state index is -0.527. The number of halogens is 1. The highest BCUT2D eigenvalue weighted by molar-refractivity contribution is 5.68. The van der Waals surface area contributed by atoms with Crippen LogP contribution >= 0.6 is 0 Å². The van der Waals surface area contributed by atoms with Crippen LogP contribution in [-0.2, 0) is 17.8 Å². The average molecular weight is 347 g/mol. The van der Waals surface area contributed by atoms with Gasteiger partial charge in [-0.2, -0.15) is 5.10 Å². The quantitative estimate of drug-likeness (QED) is 0.835. The van der Waals surface area contributed by atoms with Gasteiger partial charge in [0.05, 0.1) is 31.6 Å². The van der Waals surface area contributed by atoms with Crippen LogP contribution in [0.3, 0.4) is 0 Å². The van der Waals surface area contributed by atoms with E-state index in [0.717, 1.165) is 5.69 Å². The summed E-state index contributed by atoms with van der Waals surface area (Å²) < 4.78 is 26.1. The third kappa shape index (κ3) is 3.75. The third-order valence-corrected chi connectivity index (χ3v) is 3.90. The van der Waals surface area contributed by atoms with Crippen molar-refractivity contribution < 1.29 is 18.7 Å². The van der Waals surface area contributed by atoms with E-state index in [9.17, 15) is 9.18 Å². The van der Waals surface area contributed by atoms with Crippen molar-refractivity contribution in [2.24, 2.45) is 0 Å². The van der Waals surface area contributed by atoms with Crippen molar-refractivity contribution in [3.05, 3.63) is 35.8 Å². The molecule has 1 amide bonds. The van der Waals surface area contributed by atoms with Gasteiger partial charge in [0.15, 0.2) is 11.6 Å². The fourth-order valence-electron chi connectivity index (χ4n) is 2.72. The molecule has 0 saturated heterocycles. The molecule has 25 heavy (non-hydrogen) atoms. The first-order chi connectivity index (χ1) is 11.8. The van der Waals surface area contributed by atoms with E-state index < -0.39 is 11.4 Å². The lowest BCUT2D eigenvalue weighted by Gasteiger charge is -2.30. The Labute approximate surface area is 146 Å². The maximum absolute atomic E-state index is 13.9. The highest BCUT2D eigenvalue weighted by atomic mass is 19.1. The molecule has 1 aliphatic rings. The van der Waals surface area contributed by atoms with Crippen molar-refractivity contribution in [2.75, 3.05) is 13.7 Å². The highest BCUT2D eigenvalue weighted by Gasteiger charge is 2.26. The molecule has 0 radical (unpaired) electrons. The van der Waals surface area contributed by atoms with Crippen LogP contribution in [0.15, 0.2) is 24.3 Å². The van der Waals surface area contributed by atoms with Crippen LogP contribution in [0.1, 0.15) is 26.5 Å². The van der Waals surface area contributed by atoms with E-state index in [2.05, 4.69) is 5.10 Å². The fourth-order valence-corrected chi connectivity index (χ4v) is 2.72. The Hall–Kier alpha value is -2.57. The van der Waals surface area contributed by atoms with Crippen LogP contribution in [0, 0.1) is 5.82 Å². The minimum absolute atomic E-state index is 0.198. The van der Waals surface area contributed by atoms with E-state index in [0.29, 0.717) is 30.9 Å². The van der Waals surface area contributed by atoms with Crippen molar-refractivity contribution >= 4 is 6.09 Å². The summed E-state index contributed by atoms with van der Waals surface area (Å²) in [7, 11) is 1.43. The first-order valence-corrected chi connectivity index (χ1v) is 8.15. The Morgan fingerprint density at radius 3 is 2.64 bits per heavy atom. The Kier molecular flexibility index (Phi) is 4.41. The topological polar surface area (TPSA) is 56.6 Å². The van der Waals surface area contributed by atoms with Gasteiger partial charge in [0.2, 0.25) is 0 Å². The zero-order valence-corrected chi connectivity index (χ0v) is 14.9. The van der Waals surface area contributed by atoms with Gasteiger partial charge in [-0.05, 0) is 45.0 Å². The number of carbonyl (C=O) groups is 1. The second kappa shape index (κ2) is 6.38. The van der Waals surface area contributed by atoms with E-state index in [1.807, 2.05) is 31.5 Å². The second-order valence-corrected chi connectivity index (χ2v) is 7.00. The van der Waals surface area contributed by atoms with Gasteiger partial charge in [0.1, 0.15) is 5.60 Å². The third-order valence-electron chi connectivity index (χ3n) is 3.90. The molecule has 7 heteroatoms. The number of fused-ring (bicyclic) bond motifs is 1. The summed E-state index contributed by atoms with van der Waals surface area (Å²) in [4.78, 5) is 13.9. The lowest BCUT2D eigenvalue weighted by molar-refractivity contribution is 0.0194. The molecular weight excluding hydrogens is 325 g/mol. The smallest absolute Gasteiger partial charge is 0.410 e. The number of hydrogen-bond acceptors (Lipinski definition) is 4. The summed E-state index contributed by atoms with van der Waals surface area (Å²) >= 11 is 0. The number of rotatable bonds is 2. The Morgan fingerprint density at radius 2 is 2.00 bits per heavy atom. The Morgan fingerprint density at radius 1 is 1.24 bits per heavy atom. The molecule has 3 rings (SSSR count). The van der Waals surface area contributed by atoms with E-state index in [1.54, 1.807) is 17.0 Å². The summed E-state index contributed by atoms with van der Waals surface area (Å²) in [6, 6.07) is 6.62. The predicted octanol–water partition coefficient (Wildman–Crippen LogP) is 3.45. The van der Waals surface area contributed by atoms with E-state index in [-0.39, 0.29) is 11.8 Å². The number of aromatic nitrogens is 2. The van der Waals surface area contributed by atoms with Crippen molar-refractivity contribution in [3.8, 4) is 17.0 Å². The van der Waals surface area contributed by atoms with Crippen LogP contribution in [-0.4, -0.2) is 40.0 Å². The van der Waals surface area contributed by atoms with Gasteiger partial charge in [-0.3, -0.25) is 4.68 Å². The number of carbonyl (C=O) groups excluding carboxylic acids is 1. The molecule has 0 N–H and O–H groups in total. The van der Waals surface area contributed by atoms with E-state index >= 15 is 0 Å². The van der Waals surface area contributed by atoms with E-state index in [4.69, 9.17) is 9.47 Å². The van der Waals surface area contributed by atoms with Crippen LogP contribution in [0.2, 0.25) is 0 Å². The summed E-state index contributed by atoms with van der Waals surface area (Å²) in [6.45, 7) is 7.05. The van der Waals surface area contributed by atoms with Crippen LogP contribution in [0.4, 0.5) is 9.18 Å².